The molecule has 2 unspecified atom stereocenters. The molecule has 0 bridgehead atoms. The number of hydrogen-bond donors (Lipinski definition) is 4. The van der Waals surface area contributed by atoms with Crippen LogP contribution in [0.1, 0.15) is 84.0 Å². The van der Waals surface area contributed by atoms with E-state index in [-0.39, 0.29) is 13.2 Å². The molecule has 0 saturated carbocycles. The van der Waals surface area contributed by atoms with Gasteiger partial charge in [-0.05, 0) is 6.42 Å². The molecule has 0 heterocycles. The molecule has 5 nitrogen and oxygen atoms in total. The topological polar surface area (TPSA) is 82.0 Å². The lowest BCUT2D eigenvalue weighted by Gasteiger charge is -2.14. The maximum atomic E-state index is 9.69. The smallest absolute Gasteiger partial charge is 0.0897 e. The van der Waals surface area contributed by atoms with E-state index in [9.17, 15) is 5.11 Å². The van der Waals surface area contributed by atoms with Crippen molar-refractivity contribution in [2.75, 3.05) is 32.9 Å². The summed E-state index contributed by atoms with van der Waals surface area (Å²) in [4.78, 5) is 0. The molecule has 0 aromatic carbocycles. The monoisotopic (exact) mass is 361 g/mol. The number of rotatable bonds is 20. The van der Waals surface area contributed by atoms with Crippen molar-refractivity contribution in [2.24, 2.45) is 0 Å². The first-order chi connectivity index (χ1) is 12.2. The molecule has 0 aliphatic rings. The van der Waals surface area contributed by atoms with Crippen LogP contribution in [0.15, 0.2) is 0 Å². The molecule has 0 amide bonds. The van der Waals surface area contributed by atoms with Crippen LogP contribution in [-0.4, -0.2) is 60.4 Å². The van der Waals surface area contributed by atoms with Crippen LogP contribution < -0.4 is 5.32 Å². The zero-order valence-electron chi connectivity index (χ0n) is 16.4. The summed E-state index contributed by atoms with van der Waals surface area (Å²) in [7, 11) is 0. The minimum atomic E-state index is -0.769. The van der Waals surface area contributed by atoms with Gasteiger partial charge in [0.05, 0.1) is 25.4 Å². The molecular formula is C20H43NO4. The van der Waals surface area contributed by atoms with Gasteiger partial charge < -0.3 is 25.4 Å². The number of aliphatic hydroxyl groups excluding tert-OH is 3. The molecule has 0 aromatic rings. The van der Waals surface area contributed by atoms with E-state index in [2.05, 4.69) is 12.2 Å². The van der Waals surface area contributed by atoms with Crippen molar-refractivity contribution >= 4 is 0 Å². The fraction of sp³-hybridized carbons (Fsp3) is 1.00. The second-order valence-electron chi connectivity index (χ2n) is 7.11. The van der Waals surface area contributed by atoms with Gasteiger partial charge in [-0.1, -0.05) is 77.6 Å². The van der Waals surface area contributed by atoms with Crippen LogP contribution in [0.4, 0.5) is 0 Å². The minimum absolute atomic E-state index is 0.265. The van der Waals surface area contributed by atoms with Crippen LogP contribution in [0.2, 0.25) is 0 Å². The van der Waals surface area contributed by atoms with Gasteiger partial charge in [0.15, 0.2) is 0 Å². The predicted octanol–water partition coefficient (Wildman–Crippen LogP) is 3.01. The normalized spacial score (nSPS) is 13.9. The zero-order chi connectivity index (χ0) is 18.6. The Morgan fingerprint density at radius 2 is 1.20 bits per heavy atom. The van der Waals surface area contributed by atoms with E-state index in [4.69, 9.17) is 14.9 Å². The molecule has 2 atom stereocenters. The van der Waals surface area contributed by atoms with E-state index < -0.39 is 12.2 Å². The first-order valence-corrected chi connectivity index (χ1v) is 10.5. The van der Waals surface area contributed by atoms with Crippen LogP contribution in [0, 0.1) is 0 Å². The molecule has 4 N–H and O–H groups in total. The maximum Gasteiger partial charge on any atom is 0.0897 e. The van der Waals surface area contributed by atoms with E-state index in [0.717, 1.165) is 6.42 Å². The van der Waals surface area contributed by atoms with Crippen molar-refractivity contribution < 1.29 is 20.1 Å². The number of nitrogens with one attached hydrogen (secondary N) is 1. The number of ether oxygens (including phenoxy) is 1. The Hall–Kier alpha value is -0.200. The van der Waals surface area contributed by atoms with Gasteiger partial charge in [0.1, 0.15) is 0 Å². The number of unbranched alkanes of at least 4 members (excludes halogenated alkanes) is 11. The van der Waals surface area contributed by atoms with Gasteiger partial charge in [-0.25, -0.2) is 0 Å². The van der Waals surface area contributed by atoms with E-state index in [1.165, 1.54) is 70.6 Å². The quantitative estimate of drug-likeness (QED) is 0.251. The lowest BCUT2D eigenvalue weighted by atomic mass is 10.1. The molecule has 0 spiro atoms. The van der Waals surface area contributed by atoms with Crippen LogP contribution in [0.25, 0.3) is 0 Å². The molecule has 152 valence electrons. The molecular weight excluding hydrogens is 318 g/mol. The molecule has 25 heavy (non-hydrogen) atoms. The average molecular weight is 362 g/mol. The highest BCUT2D eigenvalue weighted by molar-refractivity contribution is 4.62. The highest BCUT2D eigenvalue weighted by Crippen LogP contribution is 2.11. The van der Waals surface area contributed by atoms with Gasteiger partial charge in [-0.2, -0.15) is 0 Å². The summed E-state index contributed by atoms with van der Waals surface area (Å²) in [6.07, 6.45) is 14.6. The maximum absolute atomic E-state index is 9.69. The molecule has 0 radical (unpaired) electrons. The van der Waals surface area contributed by atoms with E-state index >= 15 is 0 Å². The van der Waals surface area contributed by atoms with E-state index in [1.54, 1.807) is 0 Å². The van der Waals surface area contributed by atoms with E-state index in [0.29, 0.717) is 19.8 Å². The first-order valence-electron chi connectivity index (χ1n) is 10.5. The van der Waals surface area contributed by atoms with Gasteiger partial charge in [-0.3, -0.25) is 0 Å². The summed E-state index contributed by atoms with van der Waals surface area (Å²) >= 11 is 0. The van der Waals surface area contributed by atoms with Crippen LogP contribution in [0.5, 0.6) is 0 Å². The fourth-order valence-corrected chi connectivity index (χ4v) is 2.80. The zero-order valence-corrected chi connectivity index (χ0v) is 16.4. The van der Waals surface area contributed by atoms with Gasteiger partial charge in [0.25, 0.3) is 0 Å². The number of aliphatic hydroxyl groups is 3. The van der Waals surface area contributed by atoms with Crippen molar-refractivity contribution in [1.29, 1.82) is 0 Å². The van der Waals surface area contributed by atoms with Gasteiger partial charge in [-0.15, -0.1) is 0 Å². The Kier molecular flexibility index (Phi) is 20.0. The highest BCUT2D eigenvalue weighted by atomic mass is 16.5. The summed E-state index contributed by atoms with van der Waals surface area (Å²) in [5.41, 5.74) is 0. The molecule has 0 aliphatic carbocycles. The predicted molar refractivity (Wildman–Crippen MR) is 104 cm³/mol. The van der Waals surface area contributed by atoms with Gasteiger partial charge >= 0.3 is 0 Å². The third-order valence-corrected chi connectivity index (χ3v) is 4.42. The van der Waals surface area contributed by atoms with Gasteiger partial charge in [0, 0.05) is 19.7 Å². The lowest BCUT2D eigenvalue weighted by molar-refractivity contribution is 0.0319. The summed E-state index contributed by atoms with van der Waals surface area (Å²) in [5.74, 6) is 0. The largest absolute Gasteiger partial charge is 0.394 e. The Morgan fingerprint density at radius 3 is 1.72 bits per heavy atom. The van der Waals surface area contributed by atoms with E-state index in [1.807, 2.05) is 0 Å². The SMILES string of the molecule is CCCCCCCCCCCCCCOCC(O)CNCC(O)CO. The average Bonchev–Trinajstić information content (AvgIpc) is 2.61. The van der Waals surface area contributed by atoms with Crippen molar-refractivity contribution in [1.82, 2.24) is 5.32 Å². The summed E-state index contributed by atoms with van der Waals surface area (Å²) in [5, 5.41) is 30.4. The van der Waals surface area contributed by atoms with Crippen LogP contribution in [-0.2, 0) is 4.74 Å². The first kappa shape index (κ1) is 24.8. The Bertz CT molecular complexity index is 254. The molecule has 0 fully saturated rings. The highest BCUT2D eigenvalue weighted by Gasteiger charge is 2.06. The lowest BCUT2D eigenvalue weighted by Crippen LogP contribution is -2.36. The molecule has 0 aromatic heterocycles. The van der Waals surface area contributed by atoms with Crippen molar-refractivity contribution in [3.05, 3.63) is 0 Å². The standard InChI is InChI=1S/C20H43NO4/c1-2-3-4-5-6-7-8-9-10-11-12-13-14-25-18-20(24)16-21-15-19(23)17-22/h19-24H,2-18H2,1H3. The van der Waals surface area contributed by atoms with Crippen molar-refractivity contribution in [3.63, 3.8) is 0 Å². The third kappa shape index (κ3) is 20.0. The third-order valence-electron chi connectivity index (χ3n) is 4.42. The second-order valence-corrected chi connectivity index (χ2v) is 7.11. The molecule has 0 rings (SSSR count). The van der Waals surface area contributed by atoms with Gasteiger partial charge in [0.2, 0.25) is 0 Å². The van der Waals surface area contributed by atoms with Crippen LogP contribution in [0.3, 0.4) is 0 Å². The Labute approximate surface area is 155 Å². The summed E-state index contributed by atoms with van der Waals surface area (Å²) in [6.45, 7) is 3.67. The fourth-order valence-electron chi connectivity index (χ4n) is 2.80. The molecule has 5 heteroatoms. The minimum Gasteiger partial charge on any atom is -0.394 e. The summed E-state index contributed by atoms with van der Waals surface area (Å²) < 4.78 is 5.47. The Morgan fingerprint density at radius 1 is 0.720 bits per heavy atom. The molecule has 0 saturated heterocycles. The van der Waals surface area contributed by atoms with Crippen molar-refractivity contribution in [2.45, 2.75) is 96.2 Å². The number of hydrogen-bond acceptors (Lipinski definition) is 5. The van der Waals surface area contributed by atoms with Crippen LogP contribution >= 0.6 is 0 Å². The molecule has 0 aliphatic heterocycles. The summed E-state index contributed by atoms with van der Waals surface area (Å²) in [6, 6.07) is 0. The second kappa shape index (κ2) is 20.1. The Balaban J connectivity index is 3.13. The van der Waals surface area contributed by atoms with Crippen molar-refractivity contribution in [3.8, 4) is 0 Å².